The third-order valence-corrected chi connectivity index (χ3v) is 1.58. The summed E-state index contributed by atoms with van der Waals surface area (Å²) in [6.07, 6.45) is 2.57. The number of carbonyl (C=O) groups excluding carboxylic acids is 1. The van der Waals surface area contributed by atoms with E-state index in [4.69, 9.17) is 4.74 Å². The van der Waals surface area contributed by atoms with Gasteiger partial charge in [0.05, 0.1) is 6.26 Å². The fourth-order valence-corrected chi connectivity index (χ4v) is 1.05. The molecule has 0 unspecified atom stereocenters. The first kappa shape index (κ1) is 6.42. The summed E-state index contributed by atoms with van der Waals surface area (Å²) >= 11 is 0. The van der Waals surface area contributed by atoms with Crippen molar-refractivity contribution in [3.63, 3.8) is 0 Å². The number of hydrogen-bond donors (Lipinski definition) is 1. The number of aliphatic hydroxyl groups excluding tert-OH is 1. The molecule has 0 radical (unpaired) electrons. The number of esters is 1. The Morgan fingerprint density at radius 3 is 3.09 bits per heavy atom. The van der Waals surface area contributed by atoms with Gasteiger partial charge in [-0.05, 0) is 6.08 Å². The van der Waals surface area contributed by atoms with Gasteiger partial charge in [-0.15, -0.1) is 0 Å². The maximum absolute atomic E-state index is 10.6. The van der Waals surface area contributed by atoms with Gasteiger partial charge in [0.2, 0.25) is 0 Å². The van der Waals surface area contributed by atoms with E-state index in [2.05, 4.69) is 4.74 Å². The van der Waals surface area contributed by atoms with Crippen molar-refractivity contribution in [1.82, 2.24) is 0 Å². The topological polar surface area (TPSA) is 55.8 Å². The lowest BCUT2D eigenvalue weighted by Gasteiger charge is -2.19. The largest absolute Gasteiger partial charge is 0.459 e. The van der Waals surface area contributed by atoms with Crippen LogP contribution >= 0.6 is 0 Å². The number of hydrogen-bond acceptors (Lipinski definition) is 4. The quantitative estimate of drug-likeness (QED) is 0.487. The highest BCUT2D eigenvalue weighted by molar-refractivity contribution is 5.86. The molecule has 0 saturated carbocycles. The molecule has 2 heterocycles. The molecule has 0 aromatic heterocycles. The van der Waals surface area contributed by atoms with Gasteiger partial charge in [0.15, 0.2) is 0 Å². The zero-order chi connectivity index (χ0) is 7.84. The maximum atomic E-state index is 10.6. The van der Waals surface area contributed by atoms with Crippen LogP contribution < -0.4 is 0 Å². The van der Waals surface area contributed by atoms with E-state index in [1.165, 1.54) is 18.4 Å². The van der Waals surface area contributed by atoms with Crippen molar-refractivity contribution in [1.29, 1.82) is 0 Å². The second-order valence-corrected chi connectivity index (χ2v) is 2.32. The first-order chi connectivity index (χ1) is 5.27. The standard InChI is InChI=1S/C7H6O4/c8-5-1-2-10-7-4(5)3-6(9)11-7/h1-3,5,7-8H/t5-,7+/m1/s1. The van der Waals surface area contributed by atoms with E-state index in [-0.39, 0.29) is 0 Å². The Morgan fingerprint density at radius 1 is 1.55 bits per heavy atom. The Hall–Kier alpha value is -1.29. The molecule has 0 spiro atoms. The van der Waals surface area contributed by atoms with Crippen molar-refractivity contribution < 1.29 is 19.4 Å². The van der Waals surface area contributed by atoms with E-state index in [1.54, 1.807) is 0 Å². The zero-order valence-electron chi connectivity index (χ0n) is 5.56. The molecule has 0 bridgehead atoms. The van der Waals surface area contributed by atoms with Crippen molar-refractivity contribution in [2.45, 2.75) is 12.4 Å². The van der Waals surface area contributed by atoms with Gasteiger partial charge in [0, 0.05) is 11.6 Å². The van der Waals surface area contributed by atoms with Gasteiger partial charge in [-0.3, -0.25) is 0 Å². The minimum Gasteiger partial charge on any atom is -0.459 e. The molecule has 11 heavy (non-hydrogen) atoms. The first-order valence-electron chi connectivity index (χ1n) is 3.19. The summed E-state index contributed by atoms with van der Waals surface area (Å²) in [5.74, 6) is -0.465. The number of carbonyl (C=O) groups is 1. The average molecular weight is 154 g/mol. The summed E-state index contributed by atoms with van der Waals surface area (Å²) in [5.41, 5.74) is 0.470. The number of ether oxygens (including phenoxy) is 2. The monoisotopic (exact) mass is 154 g/mol. The van der Waals surface area contributed by atoms with Crippen molar-refractivity contribution in [2.24, 2.45) is 0 Å². The second kappa shape index (κ2) is 2.10. The van der Waals surface area contributed by atoms with E-state index in [0.717, 1.165) is 0 Å². The van der Waals surface area contributed by atoms with Crippen LogP contribution in [0.25, 0.3) is 0 Å². The molecule has 2 aliphatic heterocycles. The predicted molar refractivity (Wildman–Crippen MR) is 34.2 cm³/mol. The maximum Gasteiger partial charge on any atom is 0.334 e. The molecular formula is C7H6O4. The molecule has 4 nitrogen and oxygen atoms in total. The predicted octanol–water partition coefficient (Wildman–Crippen LogP) is -0.300. The van der Waals surface area contributed by atoms with Crippen LogP contribution in [0, 0.1) is 0 Å². The summed E-state index contributed by atoms with van der Waals surface area (Å²) in [7, 11) is 0. The van der Waals surface area contributed by atoms with E-state index in [9.17, 15) is 9.90 Å². The number of aliphatic hydroxyl groups is 1. The summed E-state index contributed by atoms with van der Waals surface area (Å²) in [6.45, 7) is 0. The van der Waals surface area contributed by atoms with Crippen molar-refractivity contribution >= 4 is 5.97 Å². The average Bonchev–Trinajstić information content (AvgIpc) is 2.31. The van der Waals surface area contributed by atoms with E-state index < -0.39 is 18.4 Å². The molecular weight excluding hydrogens is 148 g/mol. The van der Waals surface area contributed by atoms with E-state index in [0.29, 0.717) is 5.57 Å². The van der Waals surface area contributed by atoms with Gasteiger partial charge in [-0.1, -0.05) is 0 Å². The van der Waals surface area contributed by atoms with Crippen LogP contribution in [-0.2, 0) is 14.3 Å². The summed E-state index contributed by atoms with van der Waals surface area (Å²) in [5, 5.41) is 9.23. The third kappa shape index (κ3) is 0.914. The zero-order valence-corrected chi connectivity index (χ0v) is 5.56. The molecule has 2 aliphatic rings. The minimum absolute atomic E-state index is 0.465. The van der Waals surface area contributed by atoms with Crippen LogP contribution in [0.4, 0.5) is 0 Å². The number of fused-ring (bicyclic) bond motifs is 1. The first-order valence-corrected chi connectivity index (χ1v) is 3.19. The third-order valence-electron chi connectivity index (χ3n) is 1.58. The van der Waals surface area contributed by atoms with Gasteiger partial charge in [0.25, 0.3) is 6.29 Å². The van der Waals surface area contributed by atoms with Crippen LogP contribution in [0.2, 0.25) is 0 Å². The molecule has 0 aromatic rings. The van der Waals surface area contributed by atoms with Crippen LogP contribution in [0.15, 0.2) is 24.0 Å². The molecule has 0 amide bonds. The van der Waals surface area contributed by atoms with Crippen molar-refractivity contribution in [2.75, 3.05) is 0 Å². The van der Waals surface area contributed by atoms with Crippen LogP contribution in [0.3, 0.4) is 0 Å². The van der Waals surface area contributed by atoms with Gasteiger partial charge in [-0.25, -0.2) is 4.79 Å². The lowest BCUT2D eigenvalue weighted by atomic mass is 10.1. The highest BCUT2D eigenvalue weighted by atomic mass is 16.7. The van der Waals surface area contributed by atoms with Crippen LogP contribution in [-0.4, -0.2) is 23.5 Å². The smallest absolute Gasteiger partial charge is 0.334 e. The molecule has 0 saturated heterocycles. The highest BCUT2D eigenvalue weighted by Gasteiger charge is 2.33. The lowest BCUT2D eigenvalue weighted by Crippen LogP contribution is -2.24. The van der Waals surface area contributed by atoms with Crippen LogP contribution in [0.1, 0.15) is 0 Å². The van der Waals surface area contributed by atoms with Gasteiger partial charge in [0.1, 0.15) is 6.10 Å². The lowest BCUT2D eigenvalue weighted by molar-refractivity contribution is -0.153. The number of rotatable bonds is 0. The summed E-state index contributed by atoms with van der Waals surface area (Å²) in [4.78, 5) is 10.6. The Bertz CT molecular complexity index is 253. The van der Waals surface area contributed by atoms with E-state index in [1.807, 2.05) is 0 Å². The Labute approximate surface area is 62.7 Å². The van der Waals surface area contributed by atoms with E-state index >= 15 is 0 Å². The van der Waals surface area contributed by atoms with Crippen molar-refractivity contribution in [3.05, 3.63) is 24.0 Å². The van der Waals surface area contributed by atoms with Gasteiger partial charge >= 0.3 is 5.97 Å². The molecule has 0 fully saturated rings. The fraction of sp³-hybridized carbons (Fsp3) is 0.286. The molecule has 2 atom stereocenters. The van der Waals surface area contributed by atoms with Crippen LogP contribution in [0.5, 0.6) is 0 Å². The molecule has 1 N–H and O–H groups in total. The molecule has 58 valence electrons. The summed E-state index contributed by atoms with van der Waals surface area (Å²) < 4.78 is 9.56. The Morgan fingerprint density at radius 2 is 2.36 bits per heavy atom. The Kier molecular flexibility index (Phi) is 1.22. The van der Waals surface area contributed by atoms with Crippen molar-refractivity contribution in [3.8, 4) is 0 Å². The molecule has 0 aromatic carbocycles. The normalized spacial score (nSPS) is 33.9. The minimum atomic E-state index is -0.750. The molecule has 2 rings (SSSR count). The van der Waals surface area contributed by atoms with Gasteiger partial charge < -0.3 is 14.6 Å². The summed E-state index contributed by atoms with van der Waals surface area (Å²) in [6, 6.07) is 0. The molecule has 0 aliphatic carbocycles. The molecule has 4 heteroatoms. The SMILES string of the molecule is O=C1C=C2[C@@H](OC=C[C@H]2O)O1. The van der Waals surface area contributed by atoms with Gasteiger partial charge in [-0.2, -0.15) is 0 Å². The fourth-order valence-electron chi connectivity index (χ4n) is 1.05. The highest BCUT2D eigenvalue weighted by Crippen LogP contribution is 2.24. The second-order valence-electron chi connectivity index (χ2n) is 2.32. The Balaban J connectivity index is 2.31.